The maximum absolute atomic E-state index is 5.90. The molecule has 0 aromatic heterocycles. The molecule has 0 saturated heterocycles. The zero-order valence-corrected chi connectivity index (χ0v) is 20.6. The monoisotopic (exact) mass is 436 g/mol. The molecule has 0 radical (unpaired) electrons. The van der Waals surface area contributed by atoms with Gasteiger partial charge in [0, 0.05) is 18.2 Å². The van der Waals surface area contributed by atoms with Crippen LogP contribution in [0.25, 0.3) is 11.1 Å². The highest BCUT2D eigenvalue weighted by Crippen LogP contribution is 2.33. The Morgan fingerprint density at radius 2 is 1.53 bits per heavy atom. The summed E-state index contributed by atoms with van der Waals surface area (Å²) in [7, 11) is 0. The lowest BCUT2D eigenvalue weighted by Crippen LogP contribution is -2.31. The first-order chi connectivity index (χ1) is 15.7. The van der Waals surface area contributed by atoms with Crippen LogP contribution in [0.2, 0.25) is 0 Å². The van der Waals surface area contributed by atoms with Crippen LogP contribution in [0, 0.1) is 13.8 Å². The van der Waals surface area contributed by atoms with Gasteiger partial charge in [0.1, 0.15) is 0 Å². The first-order valence-corrected chi connectivity index (χ1v) is 13.0. The Kier molecular flexibility index (Phi) is 10.6. The van der Waals surface area contributed by atoms with Crippen molar-refractivity contribution in [2.75, 3.05) is 13.1 Å². The largest absolute Gasteiger partial charge is 0.408 e. The molecule has 0 amide bonds. The van der Waals surface area contributed by atoms with Gasteiger partial charge in [-0.25, -0.2) is 0 Å². The van der Waals surface area contributed by atoms with E-state index in [1.54, 1.807) is 0 Å². The lowest BCUT2D eigenvalue weighted by Gasteiger charge is -2.22. The molecule has 0 atom stereocenters. The average molecular weight is 437 g/mol. The Morgan fingerprint density at radius 1 is 0.812 bits per heavy atom. The van der Waals surface area contributed by atoms with Crippen LogP contribution in [0.1, 0.15) is 87.8 Å². The summed E-state index contributed by atoms with van der Waals surface area (Å²) in [4.78, 5) is 5.90. The molecule has 1 aliphatic rings. The van der Waals surface area contributed by atoms with Crippen molar-refractivity contribution in [3.63, 3.8) is 0 Å². The summed E-state index contributed by atoms with van der Waals surface area (Å²) < 4.78 is 0. The van der Waals surface area contributed by atoms with E-state index < -0.39 is 0 Å². The van der Waals surface area contributed by atoms with Gasteiger partial charge in [0.2, 0.25) is 0 Å². The molecule has 2 N–H and O–H groups in total. The fourth-order valence-electron chi connectivity index (χ4n) is 4.89. The quantitative estimate of drug-likeness (QED) is 0.255. The van der Waals surface area contributed by atoms with Crippen LogP contribution in [0.5, 0.6) is 5.75 Å². The second-order valence-corrected chi connectivity index (χ2v) is 9.47. The van der Waals surface area contributed by atoms with Gasteiger partial charge in [-0.05, 0) is 87.2 Å². The van der Waals surface area contributed by atoms with Crippen molar-refractivity contribution in [3.8, 4) is 16.9 Å². The van der Waals surface area contributed by atoms with Crippen LogP contribution in [-0.2, 0) is 6.42 Å². The van der Waals surface area contributed by atoms with Crippen LogP contribution in [-0.4, -0.2) is 19.1 Å². The molecule has 3 heteroatoms. The number of aryl methyl sites for hydroxylation is 1. The zero-order chi connectivity index (χ0) is 22.6. The third-order valence-electron chi connectivity index (χ3n) is 7.00. The van der Waals surface area contributed by atoms with Crippen molar-refractivity contribution in [2.24, 2.45) is 0 Å². The Hall–Kier alpha value is -1.84. The van der Waals surface area contributed by atoms with Crippen molar-refractivity contribution < 1.29 is 4.84 Å². The van der Waals surface area contributed by atoms with E-state index in [9.17, 15) is 0 Å². The molecule has 3 rings (SSSR count). The first-order valence-electron chi connectivity index (χ1n) is 13.0. The highest BCUT2D eigenvalue weighted by atomic mass is 16.6. The van der Waals surface area contributed by atoms with Crippen molar-refractivity contribution in [1.29, 1.82) is 0 Å². The van der Waals surface area contributed by atoms with E-state index in [1.807, 2.05) is 0 Å². The van der Waals surface area contributed by atoms with E-state index in [2.05, 4.69) is 68.0 Å². The molecule has 1 aliphatic carbocycles. The third kappa shape index (κ3) is 7.35. The summed E-state index contributed by atoms with van der Waals surface area (Å²) in [6, 6.07) is 13.9. The molecule has 0 unspecified atom stereocenters. The van der Waals surface area contributed by atoms with Crippen LogP contribution >= 0.6 is 0 Å². The minimum absolute atomic E-state index is 0.771. The molecule has 3 nitrogen and oxygen atoms in total. The number of nitrogens with one attached hydrogen (secondary N) is 2. The Bertz CT molecular complexity index is 811. The number of hydrogen-bond acceptors (Lipinski definition) is 3. The molecule has 0 spiro atoms. The van der Waals surface area contributed by atoms with Crippen LogP contribution in [0.15, 0.2) is 36.4 Å². The highest BCUT2D eigenvalue weighted by Gasteiger charge is 2.13. The van der Waals surface area contributed by atoms with E-state index in [0.717, 1.165) is 37.7 Å². The maximum Gasteiger partial charge on any atom is 0.150 e. The van der Waals surface area contributed by atoms with Crippen molar-refractivity contribution >= 4 is 0 Å². The molecule has 0 aliphatic heterocycles. The number of rotatable bonds is 13. The fraction of sp³-hybridized carbons (Fsp3) is 0.586. The van der Waals surface area contributed by atoms with Crippen molar-refractivity contribution in [1.82, 2.24) is 10.8 Å². The molecular formula is C29H44N2O. The average Bonchev–Trinajstić information content (AvgIpc) is 2.82. The van der Waals surface area contributed by atoms with Gasteiger partial charge in [-0.1, -0.05) is 69.4 Å². The molecule has 1 saturated carbocycles. The highest BCUT2D eigenvalue weighted by molar-refractivity contribution is 5.73. The van der Waals surface area contributed by atoms with E-state index in [1.165, 1.54) is 85.6 Å². The standard InChI is InChI=1S/C29H44N2O/c1-4-5-10-22-31-32-29-20-13-19-28(24(29)3)27-18-12-15-25(23(27)2)14-9-11-21-30-26-16-7-6-8-17-26/h12-13,15,18-20,26,30-31H,4-11,14,16-17,21-22H2,1-3H3. The molecule has 176 valence electrons. The number of hydrogen-bond donors (Lipinski definition) is 2. The van der Waals surface area contributed by atoms with Gasteiger partial charge in [0.25, 0.3) is 0 Å². The van der Waals surface area contributed by atoms with Gasteiger partial charge in [-0.3, -0.25) is 0 Å². The normalized spacial score (nSPS) is 14.6. The SMILES string of the molecule is CCCCCNOc1cccc(-c2cccc(CCCCNC3CCCCC3)c2C)c1C. The first kappa shape index (κ1) is 24.8. The molecule has 1 fully saturated rings. The fourth-order valence-corrected chi connectivity index (χ4v) is 4.89. The van der Waals surface area contributed by atoms with Gasteiger partial charge in [-0.15, -0.1) is 0 Å². The van der Waals surface area contributed by atoms with E-state index in [-0.39, 0.29) is 0 Å². The zero-order valence-electron chi connectivity index (χ0n) is 20.6. The number of benzene rings is 2. The summed E-state index contributed by atoms with van der Waals surface area (Å²) in [5.41, 5.74) is 9.83. The predicted octanol–water partition coefficient (Wildman–Crippen LogP) is 7.29. The van der Waals surface area contributed by atoms with Gasteiger partial charge in [-0.2, -0.15) is 5.48 Å². The Labute approximate surface area is 196 Å². The molecule has 2 aromatic rings. The van der Waals surface area contributed by atoms with Gasteiger partial charge < -0.3 is 10.2 Å². The third-order valence-corrected chi connectivity index (χ3v) is 7.00. The summed E-state index contributed by atoms with van der Waals surface area (Å²) >= 11 is 0. The van der Waals surface area contributed by atoms with Crippen LogP contribution in [0.4, 0.5) is 0 Å². The summed E-state index contributed by atoms with van der Waals surface area (Å²) in [6.45, 7) is 8.72. The molecule has 0 heterocycles. The lowest BCUT2D eigenvalue weighted by atomic mass is 9.91. The second-order valence-electron chi connectivity index (χ2n) is 9.47. The lowest BCUT2D eigenvalue weighted by molar-refractivity contribution is 0.192. The minimum atomic E-state index is 0.771. The molecule has 2 aromatic carbocycles. The molecule has 32 heavy (non-hydrogen) atoms. The predicted molar refractivity (Wildman–Crippen MR) is 137 cm³/mol. The summed E-state index contributed by atoms with van der Waals surface area (Å²) in [5, 5.41) is 3.78. The van der Waals surface area contributed by atoms with E-state index in [4.69, 9.17) is 4.84 Å². The Morgan fingerprint density at radius 3 is 2.31 bits per heavy atom. The number of unbranched alkanes of at least 4 members (excludes halogenated alkanes) is 3. The van der Waals surface area contributed by atoms with Crippen LogP contribution < -0.4 is 15.6 Å². The minimum Gasteiger partial charge on any atom is -0.408 e. The topological polar surface area (TPSA) is 33.3 Å². The molecular weight excluding hydrogens is 392 g/mol. The summed E-state index contributed by atoms with van der Waals surface area (Å²) in [6.07, 6.45) is 14.2. The summed E-state index contributed by atoms with van der Waals surface area (Å²) in [5.74, 6) is 0.928. The Balaban J connectivity index is 1.55. The van der Waals surface area contributed by atoms with Gasteiger partial charge in [0.15, 0.2) is 5.75 Å². The van der Waals surface area contributed by atoms with Crippen LogP contribution in [0.3, 0.4) is 0 Å². The smallest absolute Gasteiger partial charge is 0.150 e. The second kappa shape index (κ2) is 13.6. The maximum atomic E-state index is 5.90. The van der Waals surface area contributed by atoms with Crippen molar-refractivity contribution in [3.05, 3.63) is 53.1 Å². The van der Waals surface area contributed by atoms with Gasteiger partial charge >= 0.3 is 0 Å². The van der Waals surface area contributed by atoms with E-state index in [0.29, 0.717) is 0 Å². The van der Waals surface area contributed by atoms with Crippen molar-refractivity contribution in [2.45, 2.75) is 97.4 Å². The molecule has 0 bridgehead atoms. The van der Waals surface area contributed by atoms with Gasteiger partial charge in [0.05, 0.1) is 0 Å². The number of hydroxylamine groups is 1. The van der Waals surface area contributed by atoms with E-state index >= 15 is 0 Å².